The van der Waals surface area contributed by atoms with E-state index in [1.54, 1.807) is 14.2 Å². The van der Waals surface area contributed by atoms with Crippen LogP contribution in [0.15, 0.2) is 18.2 Å². The Bertz CT molecular complexity index is 420. The largest absolute Gasteiger partial charge is 0.497 e. The van der Waals surface area contributed by atoms with Crippen LogP contribution in [0.4, 0.5) is 5.69 Å². The van der Waals surface area contributed by atoms with Gasteiger partial charge in [-0.05, 0) is 18.6 Å². The van der Waals surface area contributed by atoms with E-state index in [1.807, 2.05) is 23.1 Å². The summed E-state index contributed by atoms with van der Waals surface area (Å²) < 4.78 is 10.5. The van der Waals surface area contributed by atoms with Gasteiger partial charge in [0.1, 0.15) is 11.5 Å². The smallest absolute Gasteiger partial charge is 0.305 e. The SMILES string of the molecule is CCCN(CCC(=O)O)c1cc(OC)ccc1OC. The molecule has 0 amide bonds. The van der Waals surface area contributed by atoms with Crippen molar-refractivity contribution in [1.82, 2.24) is 0 Å². The fourth-order valence-electron chi connectivity index (χ4n) is 1.90. The van der Waals surface area contributed by atoms with Crippen molar-refractivity contribution in [3.8, 4) is 11.5 Å². The molecule has 1 N–H and O–H groups in total. The van der Waals surface area contributed by atoms with E-state index >= 15 is 0 Å². The van der Waals surface area contributed by atoms with Crippen LogP contribution in [0.25, 0.3) is 0 Å². The van der Waals surface area contributed by atoms with Crippen molar-refractivity contribution < 1.29 is 19.4 Å². The second-order valence-electron chi connectivity index (χ2n) is 4.17. The molecule has 5 nitrogen and oxygen atoms in total. The molecule has 0 aliphatic carbocycles. The zero-order chi connectivity index (χ0) is 14.3. The van der Waals surface area contributed by atoms with Crippen LogP contribution in [0.3, 0.4) is 0 Å². The monoisotopic (exact) mass is 267 g/mol. The summed E-state index contributed by atoms with van der Waals surface area (Å²) in [4.78, 5) is 12.7. The third kappa shape index (κ3) is 4.35. The minimum Gasteiger partial charge on any atom is -0.497 e. The Morgan fingerprint density at radius 3 is 2.53 bits per heavy atom. The summed E-state index contributed by atoms with van der Waals surface area (Å²) in [5.41, 5.74) is 0.866. The summed E-state index contributed by atoms with van der Waals surface area (Å²) >= 11 is 0. The van der Waals surface area contributed by atoms with Crippen molar-refractivity contribution >= 4 is 11.7 Å². The van der Waals surface area contributed by atoms with Crippen LogP contribution >= 0.6 is 0 Å². The van der Waals surface area contributed by atoms with E-state index in [-0.39, 0.29) is 6.42 Å². The molecule has 0 aromatic heterocycles. The first-order chi connectivity index (χ1) is 9.12. The predicted octanol–water partition coefficient (Wildman–Crippen LogP) is 2.39. The van der Waals surface area contributed by atoms with Crippen molar-refractivity contribution in [3.05, 3.63) is 18.2 Å². The van der Waals surface area contributed by atoms with Gasteiger partial charge in [-0.1, -0.05) is 6.92 Å². The van der Waals surface area contributed by atoms with Gasteiger partial charge in [-0.25, -0.2) is 0 Å². The van der Waals surface area contributed by atoms with E-state index in [4.69, 9.17) is 14.6 Å². The number of carboxylic acids is 1. The maximum Gasteiger partial charge on any atom is 0.305 e. The van der Waals surface area contributed by atoms with Gasteiger partial charge < -0.3 is 19.5 Å². The fourth-order valence-corrected chi connectivity index (χ4v) is 1.90. The molecule has 0 fully saturated rings. The number of ether oxygens (including phenoxy) is 2. The number of carboxylic acid groups (broad SMARTS) is 1. The van der Waals surface area contributed by atoms with Crippen LogP contribution in [0, 0.1) is 0 Å². The van der Waals surface area contributed by atoms with Gasteiger partial charge in [0.25, 0.3) is 0 Å². The van der Waals surface area contributed by atoms with Crippen molar-refractivity contribution in [2.75, 3.05) is 32.2 Å². The van der Waals surface area contributed by atoms with Crippen LogP contribution in [0.1, 0.15) is 19.8 Å². The van der Waals surface area contributed by atoms with E-state index in [2.05, 4.69) is 6.92 Å². The highest BCUT2D eigenvalue weighted by atomic mass is 16.5. The normalized spacial score (nSPS) is 10.1. The molecule has 1 aromatic rings. The van der Waals surface area contributed by atoms with Crippen molar-refractivity contribution in [2.45, 2.75) is 19.8 Å². The van der Waals surface area contributed by atoms with E-state index in [0.29, 0.717) is 6.54 Å². The quantitative estimate of drug-likeness (QED) is 0.783. The summed E-state index contributed by atoms with van der Waals surface area (Å²) in [6.45, 7) is 3.28. The lowest BCUT2D eigenvalue weighted by Crippen LogP contribution is -2.27. The summed E-state index contributed by atoms with van der Waals surface area (Å²) in [7, 11) is 3.21. The summed E-state index contributed by atoms with van der Waals surface area (Å²) in [6, 6.07) is 5.53. The number of rotatable bonds is 8. The van der Waals surface area contributed by atoms with Gasteiger partial charge in [-0.3, -0.25) is 4.79 Å². The summed E-state index contributed by atoms with van der Waals surface area (Å²) in [5, 5.41) is 8.82. The van der Waals surface area contributed by atoms with Crippen molar-refractivity contribution in [2.24, 2.45) is 0 Å². The average molecular weight is 267 g/mol. The molecule has 106 valence electrons. The summed E-state index contributed by atoms with van der Waals surface area (Å²) in [6.07, 6.45) is 1.03. The lowest BCUT2D eigenvalue weighted by Gasteiger charge is -2.26. The Morgan fingerprint density at radius 2 is 2.00 bits per heavy atom. The molecule has 0 bridgehead atoms. The molecule has 0 atom stereocenters. The molecule has 0 heterocycles. The van der Waals surface area contributed by atoms with Crippen LogP contribution in [-0.2, 0) is 4.79 Å². The van der Waals surface area contributed by atoms with Gasteiger partial charge in [0, 0.05) is 19.2 Å². The predicted molar refractivity (Wildman–Crippen MR) is 74.3 cm³/mol. The molecule has 1 rings (SSSR count). The van der Waals surface area contributed by atoms with Crippen LogP contribution < -0.4 is 14.4 Å². The maximum absolute atomic E-state index is 10.7. The zero-order valence-corrected chi connectivity index (χ0v) is 11.7. The van der Waals surface area contributed by atoms with Gasteiger partial charge in [0.2, 0.25) is 0 Å². The fraction of sp³-hybridized carbons (Fsp3) is 0.500. The Hall–Kier alpha value is -1.91. The standard InChI is InChI=1S/C14H21NO4/c1-4-8-15(9-7-14(16)17)12-10-11(18-2)5-6-13(12)19-3/h5-6,10H,4,7-9H2,1-3H3,(H,16,17). The number of benzene rings is 1. The number of carbonyl (C=O) groups is 1. The molecule has 0 saturated heterocycles. The number of methoxy groups -OCH3 is 2. The second kappa shape index (κ2) is 7.51. The Labute approximate surface area is 113 Å². The lowest BCUT2D eigenvalue weighted by atomic mass is 10.2. The first-order valence-corrected chi connectivity index (χ1v) is 6.31. The van der Waals surface area contributed by atoms with Gasteiger partial charge in [-0.2, -0.15) is 0 Å². The zero-order valence-electron chi connectivity index (χ0n) is 11.7. The summed E-state index contributed by atoms with van der Waals surface area (Å²) in [5.74, 6) is 0.648. The molecule has 0 unspecified atom stereocenters. The molecular weight excluding hydrogens is 246 g/mol. The molecule has 1 aromatic carbocycles. The highest BCUT2D eigenvalue weighted by Gasteiger charge is 2.14. The lowest BCUT2D eigenvalue weighted by molar-refractivity contribution is -0.136. The van der Waals surface area contributed by atoms with E-state index < -0.39 is 5.97 Å². The number of hydrogen-bond donors (Lipinski definition) is 1. The number of nitrogens with zero attached hydrogens (tertiary/aromatic N) is 1. The molecule has 0 aliphatic rings. The maximum atomic E-state index is 10.7. The Balaban J connectivity index is 3.00. The second-order valence-corrected chi connectivity index (χ2v) is 4.17. The van der Waals surface area contributed by atoms with E-state index in [9.17, 15) is 4.79 Å². The first kappa shape index (κ1) is 15.1. The van der Waals surface area contributed by atoms with Crippen molar-refractivity contribution in [3.63, 3.8) is 0 Å². The Morgan fingerprint density at radius 1 is 1.26 bits per heavy atom. The highest BCUT2D eigenvalue weighted by Crippen LogP contribution is 2.32. The molecule has 19 heavy (non-hydrogen) atoms. The third-order valence-electron chi connectivity index (χ3n) is 2.82. The number of aliphatic carboxylic acids is 1. The molecule has 0 spiro atoms. The molecule has 5 heteroatoms. The minimum atomic E-state index is -0.803. The topological polar surface area (TPSA) is 59.0 Å². The van der Waals surface area contributed by atoms with E-state index in [0.717, 1.165) is 30.2 Å². The number of hydrogen-bond acceptors (Lipinski definition) is 4. The van der Waals surface area contributed by atoms with E-state index in [1.165, 1.54) is 0 Å². The average Bonchev–Trinajstić information content (AvgIpc) is 2.42. The highest BCUT2D eigenvalue weighted by molar-refractivity contribution is 5.68. The molecule has 0 aliphatic heterocycles. The van der Waals surface area contributed by atoms with Crippen LogP contribution in [0.5, 0.6) is 11.5 Å². The van der Waals surface area contributed by atoms with Gasteiger partial charge in [-0.15, -0.1) is 0 Å². The van der Waals surface area contributed by atoms with Crippen LogP contribution in [0.2, 0.25) is 0 Å². The molecule has 0 saturated carbocycles. The third-order valence-corrected chi connectivity index (χ3v) is 2.82. The first-order valence-electron chi connectivity index (χ1n) is 6.31. The number of anilines is 1. The van der Waals surface area contributed by atoms with Crippen LogP contribution in [-0.4, -0.2) is 38.4 Å². The molecular formula is C14H21NO4. The molecule has 0 radical (unpaired) electrons. The minimum absolute atomic E-state index is 0.0976. The van der Waals surface area contributed by atoms with Gasteiger partial charge in [0.15, 0.2) is 0 Å². The van der Waals surface area contributed by atoms with Crippen molar-refractivity contribution in [1.29, 1.82) is 0 Å². The van der Waals surface area contributed by atoms with Gasteiger partial charge in [0.05, 0.1) is 26.3 Å². The van der Waals surface area contributed by atoms with Gasteiger partial charge >= 0.3 is 5.97 Å². The Kier molecular flexibility index (Phi) is 5.99.